The van der Waals surface area contributed by atoms with Gasteiger partial charge in [0.2, 0.25) is 0 Å². The molecule has 1 saturated carbocycles. The number of rotatable bonds is 7. The van der Waals surface area contributed by atoms with E-state index in [2.05, 4.69) is 20.6 Å². The standard InChI is InChI=1S/C30H30FN7O2/c1-17-24(36-30(40)22-11-9-20(14-23(22)31)18-6-7-18)5-3-13-38(17)26-16-34-27(28(32)39)29(37-26)35-21-10-8-19-4-2-12-33-25(19)15-21/h2,4,8-12,14-18,24H,3,5-7,13H2,1H3,(H2,32,39)(H,35,37)(H,36,40)/t17-,24-/m1/s1. The number of fused-ring (bicyclic) bond motifs is 1. The fourth-order valence-corrected chi connectivity index (χ4v) is 5.36. The van der Waals surface area contributed by atoms with E-state index in [1.54, 1.807) is 12.3 Å². The van der Waals surface area contributed by atoms with Crippen LogP contribution >= 0.6 is 0 Å². The van der Waals surface area contributed by atoms with Crippen LogP contribution in [-0.2, 0) is 0 Å². The molecule has 0 radical (unpaired) electrons. The number of carbonyl (C=O) groups excluding carboxylic acids is 2. The maximum absolute atomic E-state index is 14.8. The Kier molecular flexibility index (Phi) is 6.75. The molecule has 2 amide bonds. The number of primary amides is 1. The maximum Gasteiger partial charge on any atom is 0.271 e. The van der Waals surface area contributed by atoms with E-state index in [0.29, 0.717) is 24.0 Å². The average Bonchev–Trinajstić information content (AvgIpc) is 3.80. The molecule has 3 heterocycles. The average molecular weight is 540 g/mol. The minimum absolute atomic E-state index is 0.0181. The van der Waals surface area contributed by atoms with E-state index in [1.807, 2.05) is 48.2 Å². The molecule has 1 aliphatic carbocycles. The third kappa shape index (κ3) is 5.16. The summed E-state index contributed by atoms with van der Waals surface area (Å²) in [5.41, 5.74) is 8.10. The Morgan fingerprint density at radius 1 is 1.07 bits per heavy atom. The summed E-state index contributed by atoms with van der Waals surface area (Å²) in [5.74, 6) is -0.435. The quantitative estimate of drug-likeness (QED) is 0.312. The highest BCUT2D eigenvalue weighted by atomic mass is 19.1. The molecular formula is C30H30FN7O2. The van der Waals surface area contributed by atoms with Crippen LogP contribution in [0.3, 0.4) is 0 Å². The van der Waals surface area contributed by atoms with E-state index in [4.69, 9.17) is 10.7 Å². The molecule has 204 valence electrons. The van der Waals surface area contributed by atoms with E-state index < -0.39 is 17.6 Å². The van der Waals surface area contributed by atoms with Gasteiger partial charge in [-0.1, -0.05) is 18.2 Å². The second-order valence-electron chi connectivity index (χ2n) is 10.5. The molecule has 0 unspecified atom stereocenters. The normalized spacial score (nSPS) is 18.9. The Hall–Kier alpha value is -4.60. The zero-order valence-corrected chi connectivity index (χ0v) is 22.1. The van der Waals surface area contributed by atoms with Crippen molar-refractivity contribution in [3.05, 3.63) is 83.6 Å². The van der Waals surface area contributed by atoms with Crippen molar-refractivity contribution in [1.82, 2.24) is 20.3 Å². The van der Waals surface area contributed by atoms with E-state index in [-0.39, 0.29) is 29.2 Å². The Labute approximate surface area is 231 Å². The molecule has 4 aromatic rings. The van der Waals surface area contributed by atoms with Crippen LogP contribution in [0.4, 0.5) is 21.7 Å². The van der Waals surface area contributed by atoms with Gasteiger partial charge < -0.3 is 21.3 Å². The fraction of sp³-hybridized carbons (Fsp3) is 0.300. The van der Waals surface area contributed by atoms with E-state index in [1.165, 1.54) is 12.3 Å². The van der Waals surface area contributed by atoms with Gasteiger partial charge in [0, 0.05) is 35.9 Å². The number of benzene rings is 2. The third-order valence-corrected chi connectivity index (χ3v) is 7.75. The smallest absolute Gasteiger partial charge is 0.271 e. The van der Waals surface area contributed by atoms with Gasteiger partial charge in [-0.05, 0) is 74.4 Å². The summed E-state index contributed by atoms with van der Waals surface area (Å²) in [6.45, 7) is 2.67. The number of carbonyl (C=O) groups is 2. The molecule has 2 fully saturated rings. The van der Waals surface area contributed by atoms with Crippen LogP contribution in [0.15, 0.2) is 60.9 Å². The highest BCUT2D eigenvalue weighted by Gasteiger charge is 2.32. The lowest BCUT2D eigenvalue weighted by Crippen LogP contribution is -2.54. The van der Waals surface area contributed by atoms with Crippen molar-refractivity contribution >= 4 is 40.0 Å². The molecule has 6 rings (SSSR count). The summed E-state index contributed by atoms with van der Waals surface area (Å²) >= 11 is 0. The van der Waals surface area contributed by atoms with Gasteiger partial charge in [0.1, 0.15) is 11.6 Å². The highest BCUT2D eigenvalue weighted by molar-refractivity contribution is 5.97. The molecule has 1 aliphatic heterocycles. The van der Waals surface area contributed by atoms with Crippen molar-refractivity contribution in [2.24, 2.45) is 5.73 Å². The van der Waals surface area contributed by atoms with Gasteiger partial charge in [-0.25, -0.2) is 14.4 Å². The van der Waals surface area contributed by atoms with Crippen molar-refractivity contribution in [2.75, 3.05) is 16.8 Å². The van der Waals surface area contributed by atoms with Gasteiger partial charge in [-0.15, -0.1) is 0 Å². The Bertz CT molecular complexity index is 1610. The van der Waals surface area contributed by atoms with Gasteiger partial charge >= 0.3 is 0 Å². The van der Waals surface area contributed by atoms with Crippen LogP contribution in [0.2, 0.25) is 0 Å². The number of nitrogens with zero attached hydrogens (tertiary/aromatic N) is 4. The van der Waals surface area contributed by atoms with Gasteiger partial charge in [0.05, 0.1) is 17.3 Å². The molecule has 2 atom stereocenters. The number of piperidine rings is 1. The SMILES string of the molecule is C[C@@H]1[C@H](NC(=O)c2ccc(C3CC3)cc2F)CCCN1c1cnc(C(N)=O)c(Nc2ccc3cccnc3c2)n1. The molecule has 2 aliphatic rings. The number of aromatic nitrogens is 3. The first-order chi connectivity index (χ1) is 19.4. The number of pyridine rings is 1. The van der Waals surface area contributed by atoms with Crippen LogP contribution in [0, 0.1) is 5.82 Å². The lowest BCUT2D eigenvalue weighted by molar-refractivity contribution is 0.0919. The number of hydrogen-bond donors (Lipinski definition) is 3. The van der Waals surface area contributed by atoms with Crippen molar-refractivity contribution < 1.29 is 14.0 Å². The Morgan fingerprint density at radius 3 is 2.70 bits per heavy atom. The van der Waals surface area contributed by atoms with Gasteiger partial charge in [-0.2, -0.15) is 0 Å². The number of amides is 2. The van der Waals surface area contributed by atoms with Crippen molar-refractivity contribution in [3.63, 3.8) is 0 Å². The molecule has 0 spiro atoms. The van der Waals surface area contributed by atoms with E-state index in [9.17, 15) is 14.0 Å². The fourth-order valence-electron chi connectivity index (χ4n) is 5.36. The molecule has 40 heavy (non-hydrogen) atoms. The molecular weight excluding hydrogens is 509 g/mol. The van der Waals surface area contributed by atoms with Crippen molar-refractivity contribution in [2.45, 2.75) is 50.6 Å². The van der Waals surface area contributed by atoms with Gasteiger partial charge in [-0.3, -0.25) is 14.6 Å². The molecule has 9 nitrogen and oxygen atoms in total. The Balaban J connectivity index is 1.22. The first kappa shape index (κ1) is 25.7. The highest BCUT2D eigenvalue weighted by Crippen LogP contribution is 2.40. The molecule has 4 N–H and O–H groups in total. The maximum atomic E-state index is 14.8. The van der Waals surface area contributed by atoms with Gasteiger partial charge in [0.15, 0.2) is 11.5 Å². The first-order valence-corrected chi connectivity index (χ1v) is 13.5. The summed E-state index contributed by atoms with van der Waals surface area (Å²) in [6.07, 6.45) is 6.90. The lowest BCUT2D eigenvalue weighted by Gasteiger charge is -2.40. The van der Waals surface area contributed by atoms with Crippen LogP contribution in [0.25, 0.3) is 10.9 Å². The summed E-state index contributed by atoms with van der Waals surface area (Å²) in [4.78, 5) is 40.6. The predicted octanol–water partition coefficient (Wildman–Crippen LogP) is 4.67. The minimum Gasteiger partial charge on any atom is -0.364 e. The predicted molar refractivity (Wildman–Crippen MR) is 151 cm³/mol. The first-order valence-electron chi connectivity index (χ1n) is 13.5. The van der Waals surface area contributed by atoms with Crippen LogP contribution in [0.5, 0.6) is 0 Å². The van der Waals surface area contributed by atoms with Crippen LogP contribution in [-0.4, -0.2) is 45.4 Å². The summed E-state index contributed by atoms with van der Waals surface area (Å²) in [7, 11) is 0. The monoisotopic (exact) mass is 539 g/mol. The number of nitrogens with two attached hydrogens (primary N) is 1. The zero-order valence-electron chi connectivity index (χ0n) is 22.1. The molecule has 2 aromatic carbocycles. The van der Waals surface area contributed by atoms with Gasteiger partial charge in [0.25, 0.3) is 11.8 Å². The lowest BCUT2D eigenvalue weighted by atomic mass is 9.96. The summed E-state index contributed by atoms with van der Waals surface area (Å²) in [5, 5.41) is 7.18. The molecule has 10 heteroatoms. The van der Waals surface area contributed by atoms with E-state index >= 15 is 0 Å². The molecule has 0 bridgehead atoms. The molecule has 1 saturated heterocycles. The second kappa shape index (κ2) is 10.5. The van der Waals surface area contributed by atoms with Crippen molar-refractivity contribution in [1.29, 1.82) is 0 Å². The Morgan fingerprint density at radius 2 is 1.93 bits per heavy atom. The number of nitrogens with one attached hydrogen (secondary N) is 2. The summed E-state index contributed by atoms with van der Waals surface area (Å²) < 4.78 is 14.8. The van der Waals surface area contributed by atoms with Crippen molar-refractivity contribution in [3.8, 4) is 0 Å². The third-order valence-electron chi connectivity index (χ3n) is 7.75. The zero-order chi connectivity index (χ0) is 27.8. The molecule has 2 aromatic heterocycles. The number of hydrogen-bond acceptors (Lipinski definition) is 7. The minimum atomic E-state index is -0.702. The number of anilines is 3. The second-order valence-corrected chi connectivity index (χ2v) is 10.5. The van der Waals surface area contributed by atoms with Crippen LogP contribution in [0.1, 0.15) is 64.9 Å². The topological polar surface area (TPSA) is 126 Å². The largest absolute Gasteiger partial charge is 0.364 e. The van der Waals surface area contributed by atoms with Crippen LogP contribution < -0.4 is 21.3 Å². The summed E-state index contributed by atoms with van der Waals surface area (Å²) in [6, 6.07) is 14.0. The van der Waals surface area contributed by atoms with E-state index in [0.717, 1.165) is 42.1 Å². The number of halogens is 1.